The van der Waals surface area contributed by atoms with E-state index in [4.69, 9.17) is 14.7 Å². The van der Waals surface area contributed by atoms with Crippen LogP contribution < -0.4 is 16.0 Å². The average Bonchev–Trinajstić information content (AvgIpc) is 3.52. The molecule has 30 heavy (non-hydrogen) atoms. The number of fused-ring (bicyclic) bond motifs is 1. The van der Waals surface area contributed by atoms with Crippen molar-refractivity contribution >= 4 is 17.7 Å². The smallest absolute Gasteiger partial charge is 0.259 e. The number of hydrogen-bond donors (Lipinski definition) is 2. The highest BCUT2D eigenvalue weighted by Gasteiger charge is 2.31. The first-order chi connectivity index (χ1) is 14.6. The number of anilines is 2. The molecular weight excluding hydrogens is 386 g/mol. The van der Waals surface area contributed by atoms with E-state index in [1.54, 1.807) is 18.4 Å². The average molecular weight is 409 g/mol. The van der Waals surface area contributed by atoms with Gasteiger partial charge >= 0.3 is 0 Å². The van der Waals surface area contributed by atoms with Crippen LogP contribution in [0.2, 0.25) is 0 Å². The van der Waals surface area contributed by atoms with Crippen LogP contribution in [0.4, 0.5) is 11.9 Å². The summed E-state index contributed by atoms with van der Waals surface area (Å²) in [6, 6.07) is 5.88. The zero-order valence-corrected chi connectivity index (χ0v) is 16.8. The summed E-state index contributed by atoms with van der Waals surface area (Å²) in [7, 11) is 1.96. The van der Waals surface area contributed by atoms with Crippen molar-refractivity contribution in [2.24, 2.45) is 0 Å². The summed E-state index contributed by atoms with van der Waals surface area (Å²) in [5, 5.41) is 12.1. The summed E-state index contributed by atoms with van der Waals surface area (Å²) < 4.78 is 12.1. The molecule has 4 aromatic heterocycles. The molecule has 5 rings (SSSR count). The SMILES string of the molecule is Cc1cc(CC(C2CCCN2)N(C)c2nc(N)n3nc(-c4ccco4)nc3n2)no1. The number of nitrogens with two attached hydrogens (primary N) is 1. The maximum Gasteiger partial charge on any atom is 0.259 e. The van der Waals surface area contributed by atoms with Gasteiger partial charge in [0.05, 0.1) is 18.0 Å². The molecule has 1 fully saturated rings. The maximum absolute atomic E-state index is 6.18. The van der Waals surface area contributed by atoms with Crippen LogP contribution in [0, 0.1) is 6.92 Å². The van der Waals surface area contributed by atoms with Gasteiger partial charge in [-0.3, -0.25) is 0 Å². The van der Waals surface area contributed by atoms with Crippen LogP contribution in [0.25, 0.3) is 17.4 Å². The zero-order chi connectivity index (χ0) is 20.7. The molecule has 4 aromatic rings. The molecule has 3 N–H and O–H groups in total. The highest BCUT2D eigenvalue weighted by Crippen LogP contribution is 2.23. The van der Waals surface area contributed by atoms with Crippen LogP contribution in [0.15, 0.2) is 33.4 Å². The lowest BCUT2D eigenvalue weighted by Gasteiger charge is -2.32. The van der Waals surface area contributed by atoms with Crippen molar-refractivity contribution in [2.45, 2.75) is 38.3 Å². The lowest BCUT2D eigenvalue weighted by molar-refractivity contribution is 0.382. The number of hydrogen-bond acceptors (Lipinski definition) is 10. The van der Waals surface area contributed by atoms with Crippen molar-refractivity contribution in [3.63, 3.8) is 0 Å². The van der Waals surface area contributed by atoms with Crippen molar-refractivity contribution in [1.29, 1.82) is 0 Å². The quantitative estimate of drug-likeness (QED) is 0.481. The number of nitrogens with zero attached hydrogens (tertiary/aromatic N) is 7. The number of nitrogens with one attached hydrogen (secondary N) is 1. The molecule has 1 saturated heterocycles. The number of nitrogen functional groups attached to an aromatic ring is 1. The van der Waals surface area contributed by atoms with Crippen molar-refractivity contribution in [1.82, 2.24) is 35.0 Å². The summed E-state index contributed by atoms with van der Waals surface area (Å²) >= 11 is 0. The number of furan rings is 1. The fourth-order valence-electron chi connectivity index (χ4n) is 3.93. The molecule has 11 heteroatoms. The van der Waals surface area contributed by atoms with Crippen LogP contribution in [0.5, 0.6) is 0 Å². The van der Waals surface area contributed by atoms with Gasteiger partial charge < -0.3 is 24.9 Å². The number of rotatable bonds is 6. The molecule has 0 amide bonds. The van der Waals surface area contributed by atoms with Gasteiger partial charge in [0.15, 0.2) is 5.76 Å². The molecule has 0 saturated carbocycles. The topological polar surface area (TPSA) is 136 Å². The predicted molar refractivity (Wildman–Crippen MR) is 109 cm³/mol. The van der Waals surface area contributed by atoms with Gasteiger partial charge in [0.2, 0.25) is 17.7 Å². The zero-order valence-electron chi connectivity index (χ0n) is 16.8. The Morgan fingerprint density at radius 1 is 1.37 bits per heavy atom. The maximum atomic E-state index is 6.18. The number of aryl methyl sites for hydroxylation is 1. The first kappa shape index (κ1) is 18.6. The summed E-state index contributed by atoms with van der Waals surface area (Å²) in [5.41, 5.74) is 7.08. The summed E-state index contributed by atoms with van der Waals surface area (Å²) in [6.07, 6.45) is 4.47. The molecule has 5 heterocycles. The molecular formula is C19H23N9O2. The van der Waals surface area contributed by atoms with Gasteiger partial charge in [0.1, 0.15) is 5.76 Å². The first-order valence-electron chi connectivity index (χ1n) is 9.91. The summed E-state index contributed by atoms with van der Waals surface area (Å²) in [5.74, 6) is 2.81. The highest BCUT2D eigenvalue weighted by atomic mass is 16.5. The minimum absolute atomic E-state index is 0.0753. The fraction of sp³-hybridized carbons (Fsp3) is 0.421. The Morgan fingerprint density at radius 3 is 2.97 bits per heavy atom. The fourth-order valence-corrected chi connectivity index (χ4v) is 3.93. The molecule has 0 radical (unpaired) electrons. The molecule has 0 aromatic carbocycles. The van der Waals surface area contributed by atoms with E-state index < -0.39 is 0 Å². The second-order valence-electron chi connectivity index (χ2n) is 7.52. The summed E-state index contributed by atoms with van der Waals surface area (Å²) in [6.45, 7) is 2.88. The van der Waals surface area contributed by atoms with Crippen molar-refractivity contribution in [3.8, 4) is 11.6 Å². The second-order valence-corrected chi connectivity index (χ2v) is 7.52. The van der Waals surface area contributed by atoms with Gasteiger partial charge in [-0.05, 0) is 38.4 Å². The van der Waals surface area contributed by atoms with E-state index in [2.05, 4.69) is 30.5 Å². The minimum atomic E-state index is 0.0753. The van der Waals surface area contributed by atoms with E-state index in [0.29, 0.717) is 29.7 Å². The highest BCUT2D eigenvalue weighted by molar-refractivity contribution is 5.53. The van der Waals surface area contributed by atoms with E-state index in [-0.39, 0.29) is 18.0 Å². The van der Waals surface area contributed by atoms with Crippen molar-refractivity contribution in [3.05, 3.63) is 35.9 Å². The Bertz CT molecular complexity index is 1140. The van der Waals surface area contributed by atoms with Crippen LogP contribution in [0.1, 0.15) is 24.3 Å². The second kappa shape index (κ2) is 7.41. The molecule has 0 bridgehead atoms. The van der Waals surface area contributed by atoms with Crippen LogP contribution in [-0.2, 0) is 6.42 Å². The molecule has 1 aliphatic heterocycles. The Balaban J connectivity index is 1.49. The lowest BCUT2D eigenvalue weighted by Crippen LogP contribution is -2.48. The van der Waals surface area contributed by atoms with Crippen LogP contribution in [-0.4, -0.2) is 55.4 Å². The van der Waals surface area contributed by atoms with Crippen LogP contribution in [0.3, 0.4) is 0 Å². The first-order valence-corrected chi connectivity index (χ1v) is 9.91. The van der Waals surface area contributed by atoms with Gasteiger partial charge in [-0.15, -0.1) is 5.10 Å². The Kier molecular flexibility index (Phi) is 4.58. The standard InChI is InChI=1S/C19H23N9O2/c1-11-9-12(26-30-11)10-14(13-5-3-7-21-13)27(2)18-23-17(20)28-19(24-18)22-16(25-28)15-6-4-8-29-15/h4,6,8-9,13-14,21H,3,5,7,10H2,1-2H3,(H2,20,22,23,24,25). The molecule has 11 nitrogen and oxygen atoms in total. The predicted octanol–water partition coefficient (Wildman–Crippen LogP) is 1.46. The molecule has 2 unspecified atom stereocenters. The van der Waals surface area contributed by atoms with Gasteiger partial charge in [-0.25, -0.2) is 0 Å². The molecule has 0 aliphatic carbocycles. The number of likely N-dealkylation sites (N-methyl/N-ethyl adjacent to an activating group) is 1. The minimum Gasteiger partial charge on any atom is -0.461 e. The van der Waals surface area contributed by atoms with Gasteiger partial charge in [0.25, 0.3) is 5.78 Å². The van der Waals surface area contributed by atoms with E-state index in [1.807, 2.05) is 24.9 Å². The van der Waals surface area contributed by atoms with E-state index in [0.717, 1.165) is 30.8 Å². The Morgan fingerprint density at radius 2 is 2.27 bits per heavy atom. The Hall–Kier alpha value is -3.47. The van der Waals surface area contributed by atoms with E-state index in [1.165, 1.54) is 4.52 Å². The van der Waals surface area contributed by atoms with Crippen molar-refractivity contribution in [2.75, 3.05) is 24.2 Å². The van der Waals surface area contributed by atoms with E-state index in [9.17, 15) is 0 Å². The van der Waals surface area contributed by atoms with Gasteiger partial charge in [-0.1, -0.05) is 5.16 Å². The number of aromatic nitrogens is 6. The van der Waals surface area contributed by atoms with Gasteiger partial charge in [-0.2, -0.15) is 19.5 Å². The Labute approximate surface area is 172 Å². The normalized spacial score (nSPS) is 17.6. The third kappa shape index (κ3) is 3.36. The molecule has 1 aliphatic rings. The monoisotopic (exact) mass is 409 g/mol. The summed E-state index contributed by atoms with van der Waals surface area (Å²) in [4.78, 5) is 15.6. The van der Waals surface area contributed by atoms with Crippen LogP contribution >= 0.6 is 0 Å². The molecule has 2 atom stereocenters. The third-order valence-electron chi connectivity index (χ3n) is 5.43. The molecule has 0 spiro atoms. The lowest BCUT2D eigenvalue weighted by atomic mass is 10.00. The molecule has 156 valence electrons. The van der Waals surface area contributed by atoms with Crippen molar-refractivity contribution < 1.29 is 8.94 Å². The van der Waals surface area contributed by atoms with E-state index >= 15 is 0 Å². The third-order valence-corrected chi connectivity index (χ3v) is 5.43. The largest absolute Gasteiger partial charge is 0.461 e. The van der Waals surface area contributed by atoms with Gasteiger partial charge in [0, 0.05) is 25.6 Å².